The van der Waals surface area contributed by atoms with E-state index in [0.29, 0.717) is 12.6 Å². The highest BCUT2D eigenvalue weighted by molar-refractivity contribution is 5.78. The van der Waals surface area contributed by atoms with Gasteiger partial charge in [-0.1, -0.05) is 0 Å². The summed E-state index contributed by atoms with van der Waals surface area (Å²) < 4.78 is 2.11. The molecule has 1 saturated heterocycles. The molecule has 6 nitrogen and oxygen atoms in total. The van der Waals surface area contributed by atoms with Gasteiger partial charge < -0.3 is 9.88 Å². The predicted molar refractivity (Wildman–Crippen MR) is 76.3 cm³/mol. The van der Waals surface area contributed by atoms with Gasteiger partial charge in [-0.2, -0.15) is 0 Å². The Morgan fingerprint density at radius 2 is 1.90 bits per heavy atom. The van der Waals surface area contributed by atoms with Crippen LogP contribution in [0.2, 0.25) is 0 Å². The van der Waals surface area contributed by atoms with E-state index in [1.807, 2.05) is 18.7 Å². The smallest absolute Gasteiger partial charge is 0.234 e. The van der Waals surface area contributed by atoms with Gasteiger partial charge in [-0.05, 0) is 12.8 Å². The lowest BCUT2D eigenvalue weighted by Gasteiger charge is -2.34. The Kier molecular flexibility index (Phi) is 4.32. The van der Waals surface area contributed by atoms with Crippen LogP contribution in [0.3, 0.4) is 0 Å². The Labute approximate surface area is 119 Å². The van der Waals surface area contributed by atoms with E-state index in [1.54, 1.807) is 0 Å². The van der Waals surface area contributed by atoms with Crippen LogP contribution < -0.4 is 5.32 Å². The molecule has 2 heterocycles. The van der Waals surface area contributed by atoms with Crippen LogP contribution in [0.5, 0.6) is 0 Å². The molecule has 1 aliphatic carbocycles. The van der Waals surface area contributed by atoms with E-state index in [4.69, 9.17) is 0 Å². The number of hydrogen-bond acceptors (Lipinski definition) is 4. The Morgan fingerprint density at radius 1 is 1.15 bits per heavy atom. The Morgan fingerprint density at radius 3 is 2.55 bits per heavy atom. The number of amides is 1. The van der Waals surface area contributed by atoms with E-state index in [1.165, 1.54) is 0 Å². The second-order valence-electron chi connectivity index (χ2n) is 5.76. The van der Waals surface area contributed by atoms with Crippen LogP contribution in [0.4, 0.5) is 0 Å². The molecular formula is C14H23N5O. The minimum atomic E-state index is 0.194. The van der Waals surface area contributed by atoms with E-state index >= 15 is 0 Å². The number of hydrogen-bond donors (Lipinski definition) is 1. The molecule has 0 bridgehead atoms. The van der Waals surface area contributed by atoms with Crippen LogP contribution in [0.15, 0.2) is 18.7 Å². The minimum Gasteiger partial charge on any atom is -0.352 e. The van der Waals surface area contributed by atoms with Crippen molar-refractivity contribution in [3.8, 4) is 0 Å². The predicted octanol–water partition coefficient (Wildman–Crippen LogP) is -0.221. The fourth-order valence-corrected chi connectivity index (χ4v) is 2.55. The van der Waals surface area contributed by atoms with Crippen LogP contribution in [0.25, 0.3) is 0 Å². The summed E-state index contributed by atoms with van der Waals surface area (Å²) in [7, 11) is 0. The molecular weight excluding hydrogens is 254 g/mol. The van der Waals surface area contributed by atoms with Crippen molar-refractivity contribution in [2.75, 3.05) is 39.3 Å². The first-order chi connectivity index (χ1) is 9.79. The summed E-state index contributed by atoms with van der Waals surface area (Å²) in [5.74, 6) is 0.194. The lowest BCUT2D eigenvalue weighted by atomic mass is 10.3. The zero-order valence-corrected chi connectivity index (χ0v) is 11.9. The Balaban J connectivity index is 1.32. The van der Waals surface area contributed by atoms with Gasteiger partial charge in [-0.25, -0.2) is 4.98 Å². The van der Waals surface area contributed by atoms with E-state index in [2.05, 4.69) is 24.7 Å². The largest absolute Gasteiger partial charge is 0.352 e. The molecule has 1 amide bonds. The first kappa shape index (κ1) is 13.6. The number of aromatic nitrogens is 2. The summed E-state index contributed by atoms with van der Waals surface area (Å²) >= 11 is 0. The summed E-state index contributed by atoms with van der Waals surface area (Å²) in [5.41, 5.74) is 0. The van der Waals surface area contributed by atoms with Crippen LogP contribution in [0.1, 0.15) is 12.8 Å². The van der Waals surface area contributed by atoms with Crippen molar-refractivity contribution in [3.05, 3.63) is 18.7 Å². The first-order valence-electron chi connectivity index (χ1n) is 7.49. The Hall–Kier alpha value is -1.40. The number of imidazole rings is 1. The second kappa shape index (κ2) is 6.37. The minimum absolute atomic E-state index is 0.194. The van der Waals surface area contributed by atoms with Gasteiger partial charge in [0.1, 0.15) is 0 Å². The topological polar surface area (TPSA) is 53.4 Å². The normalized spacial score (nSPS) is 21.0. The molecule has 1 aliphatic heterocycles. The van der Waals surface area contributed by atoms with Crippen molar-refractivity contribution < 1.29 is 4.79 Å². The number of nitrogens with one attached hydrogen (secondary N) is 1. The van der Waals surface area contributed by atoms with Crippen molar-refractivity contribution in [1.29, 1.82) is 0 Å². The summed E-state index contributed by atoms with van der Waals surface area (Å²) in [6.07, 6.45) is 7.99. The van der Waals surface area contributed by atoms with Crippen LogP contribution in [0, 0.1) is 0 Å². The van der Waals surface area contributed by atoms with Crippen molar-refractivity contribution in [2.24, 2.45) is 0 Å². The molecule has 0 unspecified atom stereocenters. The highest BCUT2D eigenvalue weighted by atomic mass is 16.2. The van der Waals surface area contributed by atoms with Gasteiger partial charge in [-0.15, -0.1) is 0 Å². The number of carbonyl (C=O) groups is 1. The van der Waals surface area contributed by atoms with Gasteiger partial charge in [-0.3, -0.25) is 14.6 Å². The van der Waals surface area contributed by atoms with Gasteiger partial charge in [0, 0.05) is 57.7 Å². The second-order valence-corrected chi connectivity index (χ2v) is 5.76. The molecule has 1 aromatic rings. The molecule has 6 heteroatoms. The van der Waals surface area contributed by atoms with Gasteiger partial charge in [0.2, 0.25) is 5.91 Å². The maximum atomic E-state index is 11.7. The monoisotopic (exact) mass is 277 g/mol. The molecule has 1 N–H and O–H groups in total. The van der Waals surface area contributed by atoms with Crippen molar-refractivity contribution in [1.82, 2.24) is 24.7 Å². The lowest BCUT2D eigenvalue weighted by Crippen LogP contribution is -2.50. The van der Waals surface area contributed by atoms with E-state index in [0.717, 1.165) is 52.1 Å². The summed E-state index contributed by atoms with van der Waals surface area (Å²) in [6.45, 7) is 6.67. The number of rotatable bonds is 6. The Bertz CT molecular complexity index is 421. The molecule has 1 aromatic heterocycles. The third kappa shape index (κ3) is 4.05. The molecule has 0 spiro atoms. The van der Waals surface area contributed by atoms with Crippen molar-refractivity contribution in [3.63, 3.8) is 0 Å². The molecule has 2 aliphatic rings. The zero-order valence-electron chi connectivity index (χ0n) is 11.9. The van der Waals surface area contributed by atoms with Crippen LogP contribution >= 0.6 is 0 Å². The number of nitrogens with zero attached hydrogens (tertiary/aromatic N) is 4. The fourth-order valence-electron chi connectivity index (χ4n) is 2.55. The maximum Gasteiger partial charge on any atom is 0.234 e. The van der Waals surface area contributed by atoms with E-state index in [9.17, 15) is 4.79 Å². The van der Waals surface area contributed by atoms with Crippen LogP contribution in [-0.4, -0.2) is 70.6 Å². The summed E-state index contributed by atoms with van der Waals surface area (Å²) in [4.78, 5) is 20.5. The van der Waals surface area contributed by atoms with Gasteiger partial charge in [0.25, 0.3) is 0 Å². The first-order valence-corrected chi connectivity index (χ1v) is 7.49. The standard InChI is InChI=1S/C14H23N5O/c20-14(16-13-1-2-13)11-18-8-5-17(6-9-18)7-10-19-4-3-15-12-19/h3-4,12-13H,1-2,5-11H2,(H,16,20). The summed E-state index contributed by atoms with van der Waals surface area (Å²) in [6, 6.07) is 0.471. The van der Waals surface area contributed by atoms with Crippen molar-refractivity contribution >= 4 is 5.91 Å². The van der Waals surface area contributed by atoms with Crippen LogP contribution in [-0.2, 0) is 11.3 Å². The average Bonchev–Trinajstić information content (AvgIpc) is 3.10. The quantitative estimate of drug-likeness (QED) is 0.781. The van der Waals surface area contributed by atoms with Gasteiger partial charge in [0.05, 0.1) is 12.9 Å². The van der Waals surface area contributed by atoms with Gasteiger partial charge in [0.15, 0.2) is 0 Å². The highest BCUT2D eigenvalue weighted by Gasteiger charge is 2.25. The molecule has 0 aromatic carbocycles. The molecule has 0 radical (unpaired) electrons. The molecule has 2 fully saturated rings. The molecule has 20 heavy (non-hydrogen) atoms. The average molecular weight is 277 g/mol. The third-order valence-corrected chi connectivity index (χ3v) is 4.01. The molecule has 110 valence electrons. The van der Waals surface area contributed by atoms with Gasteiger partial charge >= 0.3 is 0 Å². The maximum absolute atomic E-state index is 11.7. The van der Waals surface area contributed by atoms with E-state index in [-0.39, 0.29) is 5.91 Å². The third-order valence-electron chi connectivity index (χ3n) is 4.01. The number of carbonyl (C=O) groups excluding carboxylic acids is 1. The SMILES string of the molecule is O=C(CN1CCN(CCn2ccnc2)CC1)NC1CC1. The highest BCUT2D eigenvalue weighted by Crippen LogP contribution is 2.18. The lowest BCUT2D eigenvalue weighted by molar-refractivity contribution is -0.122. The molecule has 1 saturated carbocycles. The van der Waals surface area contributed by atoms with E-state index < -0.39 is 0 Å². The molecule has 0 atom stereocenters. The fraction of sp³-hybridized carbons (Fsp3) is 0.714. The van der Waals surface area contributed by atoms with Crippen molar-refractivity contribution in [2.45, 2.75) is 25.4 Å². The molecule has 3 rings (SSSR count). The number of piperazine rings is 1. The zero-order chi connectivity index (χ0) is 13.8. The summed E-state index contributed by atoms with van der Waals surface area (Å²) in [5, 5.41) is 3.05.